The van der Waals surface area contributed by atoms with E-state index < -0.39 is 12.3 Å². The second-order valence-corrected chi connectivity index (χ2v) is 4.51. The Morgan fingerprint density at radius 2 is 1.80 bits per heavy atom. The number of nitrogens with two attached hydrogens (primary N) is 1. The van der Waals surface area contributed by atoms with Crippen molar-refractivity contribution in [3.63, 3.8) is 0 Å². The van der Waals surface area contributed by atoms with Gasteiger partial charge in [-0.15, -0.1) is 0 Å². The van der Waals surface area contributed by atoms with Crippen molar-refractivity contribution < 1.29 is 8.78 Å². The zero-order valence-corrected chi connectivity index (χ0v) is 10.2. The molecule has 0 aromatic carbocycles. The zero-order chi connectivity index (χ0) is 11.9. The summed E-state index contributed by atoms with van der Waals surface area (Å²) in [7, 11) is 0. The van der Waals surface area contributed by atoms with Crippen LogP contribution in [-0.2, 0) is 0 Å². The minimum atomic E-state index is -2.20. The van der Waals surface area contributed by atoms with Gasteiger partial charge in [0.05, 0.1) is 0 Å². The molecule has 0 bridgehead atoms. The SMILES string of the molecule is CCCC(CC)(CN)CC(CC)C(F)F. The van der Waals surface area contributed by atoms with E-state index >= 15 is 0 Å². The highest BCUT2D eigenvalue weighted by Crippen LogP contribution is 2.37. The first-order valence-electron chi connectivity index (χ1n) is 6.03. The third-order valence-electron chi connectivity index (χ3n) is 3.54. The van der Waals surface area contributed by atoms with E-state index in [9.17, 15) is 8.78 Å². The molecule has 0 aromatic rings. The highest BCUT2D eigenvalue weighted by molar-refractivity contribution is 4.82. The first-order chi connectivity index (χ1) is 7.05. The molecular formula is C12H25F2N. The van der Waals surface area contributed by atoms with Gasteiger partial charge in [0.15, 0.2) is 0 Å². The molecule has 0 aromatic heterocycles. The van der Waals surface area contributed by atoms with Crippen LogP contribution in [0.25, 0.3) is 0 Å². The van der Waals surface area contributed by atoms with Gasteiger partial charge in [-0.2, -0.15) is 0 Å². The van der Waals surface area contributed by atoms with Crippen molar-refractivity contribution >= 4 is 0 Å². The molecule has 0 aliphatic carbocycles. The van der Waals surface area contributed by atoms with E-state index in [-0.39, 0.29) is 5.41 Å². The lowest BCUT2D eigenvalue weighted by atomic mass is 9.73. The summed E-state index contributed by atoms with van der Waals surface area (Å²) in [4.78, 5) is 0. The minimum Gasteiger partial charge on any atom is -0.330 e. The van der Waals surface area contributed by atoms with Crippen LogP contribution in [0.4, 0.5) is 8.78 Å². The molecular weight excluding hydrogens is 196 g/mol. The van der Waals surface area contributed by atoms with Gasteiger partial charge in [0.25, 0.3) is 0 Å². The van der Waals surface area contributed by atoms with Crippen molar-refractivity contribution in [2.24, 2.45) is 17.1 Å². The third-order valence-corrected chi connectivity index (χ3v) is 3.54. The van der Waals surface area contributed by atoms with Crippen LogP contribution in [0.2, 0.25) is 0 Å². The van der Waals surface area contributed by atoms with Gasteiger partial charge in [-0.1, -0.05) is 27.2 Å². The molecule has 2 atom stereocenters. The predicted octanol–water partition coefficient (Wildman–Crippen LogP) is 3.82. The lowest BCUT2D eigenvalue weighted by molar-refractivity contribution is 0.0384. The fourth-order valence-corrected chi connectivity index (χ4v) is 2.25. The van der Waals surface area contributed by atoms with Crippen LogP contribution >= 0.6 is 0 Å². The van der Waals surface area contributed by atoms with Crippen LogP contribution in [0, 0.1) is 11.3 Å². The van der Waals surface area contributed by atoms with E-state index in [4.69, 9.17) is 5.73 Å². The Labute approximate surface area is 92.4 Å². The molecule has 1 nitrogen and oxygen atoms in total. The summed E-state index contributed by atoms with van der Waals surface area (Å²) in [5.74, 6) is -0.486. The van der Waals surface area contributed by atoms with Crippen LogP contribution in [0.1, 0.15) is 52.9 Å². The van der Waals surface area contributed by atoms with Crippen LogP contribution in [-0.4, -0.2) is 13.0 Å². The van der Waals surface area contributed by atoms with E-state index in [1.165, 1.54) is 0 Å². The zero-order valence-electron chi connectivity index (χ0n) is 10.2. The molecule has 15 heavy (non-hydrogen) atoms. The smallest absolute Gasteiger partial charge is 0.241 e. The first kappa shape index (κ1) is 14.8. The van der Waals surface area contributed by atoms with Gasteiger partial charge in [-0.05, 0) is 37.6 Å². The predicted molar refractivity (Wildman–Crippen MR) is 61.1 cm³/mol. The number of rotatable bonds is 8. The van der Waals surface area contributed by atoms with Crippen molar-refractivity contribution in [1.29, 1.82) is 0 Å². The molecule has 0 radical (unpaired) electrons. The van der Waals surface area contributed by atoms with Gasteiger partial charge in [0.2, 0.25) is 6.43 Å². The second-order valence-electron chi connectivity index (χ2n) is 4.51. The molecule has 0 aliphatic rings. The highest BCUT2D eigenvalue weighted by atomic mass is 19.3. The summed E-state index contributed by atoms with van der Waals surface area (Å²) in [5.41, 5.74) is 5.70. The maximum Gasteiger partial charge on any atom is 0.241 e. The topological polar surface area (TPSA) is 26.0 Å². The molecule has 0 heterocycles. The fourth-order valence-electron chi connectivity index (χ4n) is 2.25. The molecule has 3 heteroatoms. The number of halogens is 2. The molecule has 0 spiro atoms. The monoisotopic (exact) mass is 221 g/mol. The normalized spacial score (nSPS) is 17.8. The molecule has 0 aliphatic heterocycles. The van der Waals surface area contributed by atoms with Crippen LogP contribution < -0.4 is 5.73 Å². The van der Waals surface area contributed by atoms with E-state index in [1.54, 1.807) is 0 Å². The molecule has 2 unspecified atom stereocenters. The summed E-state index contributed by atoms with van der Waals surface area (Å²) >= 11 is 0. The number of alkyl halides is 2. The van der Waals surface area contributed by atoms with Gasteiger partial charge in [-0.25, -0.2) is 8.78 Å². The largest absolute Gasteiger partial charge is 0.330 e. The Morgan fingerprint density at radius 3 is 2.07 bits per heavy atom. The Kier molecular flexibility index (Phi) is 7.07. The van der Waals surface area contributed by atoms with Crippen molar-refractivity contribution in [2.75, 3.05) is 6.54 Å². The first-order valence-corrected chi connectivity index (χ1v) is 6.03. The molecule has 0 fully saturated rings. The minimum absolute atomic E-state index is 0.0636. The van der Waals surface area contributed by atoms with Crippen molar-refractivity contribution in [2.45, 2.75) is 59.3 Å². The van der Waals surface area contributed by atoms with Crippen molar-refractivity contribution in [1.82, 2.24) is 0 Å². The van der Waals surface area contributed by atoms with Crippen LogP contribution in [0.15, 0.2) is 0 Å². The van der Waals surface area contributed by atoms with E-state index in [0.29, 0.717) is 19.4 Å². The lowest BCUT2D eigenvalue weighted by Gasteiger charge is -2.34. The van der Waals surface area contributed by atoms with Gasteiger partial charge < -0.3 is 5.73 Å². The van der Waals surface area contributed by atoms with Gasteiger partial charge in [0.1, 0.15) is 0 Å². The Bertz CT molecular complexity index is 156. The molecule has 0 saturated carbocycles. The fraction of sp³-hybridized carbons (Fsp3) is 1.00. The Balaban J connectivity index is 4.48. The molecule has 0 rings (SSSR count). The summed E-state index contributed by atoms with van der Waals surface area (Å²) in [5, 5.41) is 0. The standard InChI is InChI=1S/C12H25F2N/c1-4-7-12(6-3,9-15)8-10(5-2)11(13)14/h10-11H,4-9,15H2,1-3H3. The summed E-state index contributed by atoms with van der Waals surface area (Å²) in [6, 6.07) is 0. The average Bonchev–Trinajstić information content (AvgIpc) is 2.24. The van der Waals surface area contributed by atoms with Gasteiger partial charge >= 0.3 is 0 Å². The Hall–Kier alpha value is -0.180. The second kappa shape index (κ2) is 7.15. The Morgan fingerprint density at radius 1 is 1.20 bits per heavy atom. The maximum absolute atomic E-state index is 12.7. The third kappa shape index (κ3) is 4.45. The van der Waals surface area contributed by atoms with Crippen LogP contribution in [0.3, 0.4) is 0 Å². The number of hydrogen-bond acceptors (Lipinski definition) is 1. The molecule has 92 valence electrons. The maximum atomic E-state index is 12.7. The quantitative estimate of drug-likeness (QED) is 0.662. The van der Waals surface area contributed by atoms with Gasteiger partial charge in [-0.3, -0.25) is 0 Å². The van der Waals surface area contributed by atoms with Crippen LogP contribution in [0.5, 0.6) is 0 Å². The molecule has 0 amide bonds. The molecule has 2 N–H and O–H groups in total. The van der Waals surface area contributed by atoms with Crippen molar-refractivity contribution in [3.8, 4) is 0 Å². The van der Waals surface area contributed by atoms with E-state index in [0.717, 1.165) is 19.3 Å². The van der Waals surface area contributed by atoms with Gasteiger partial charge in [0, 0.05) is 5.92 Å². The summed E-state index contributed by atoms with van der Waals surface area (Å²) < 4.78 is 25.4. The average molecular weight is 221 g/mol. The van der Waals surface area contributed by atoms with Crippen molar-refractivity contribution in [3.05, 3.63) is 0 Å². The molecule has 0 saturated heterocycles. The summed E-state index contributed by atoms with van der Waals surface area (Å²) in [6.07, 6.45) is 1.80. The van der Waals surface area contributed by atoms with E-state index in [1.807, 2.05) is 6.92 Å². The summed E-state index contributed by atoms with van der Waals surface area (Å²) in [6.45, 7) is 6.50. The number of hydrogen-bond donors (Lipinski definition) is 1. The lowest BCUT2D eigenvalue weighted by Crippen LogP contribution is -2.33. The highest BCUT2D eigenvalue weighted by Gasteiger charge is 2.32. The van der Waals surface area contributed by atoms with E-state index in [2.05, 4.69) is 13.8 Å².